The van der Waals surface area contributed by atoms with Gasteiger partial charge in [-0.15, -0.1) is 0 Å². The van der Waals surface area contributed by atoms with Gasteiger partial charge in [0.2, 0.25) is 11.8 Å². The Hall–Kier alpha value is -1.36. The van der Waals surface area contributed by atoms with Crippen LogP contribution in [0.5, 0.6) is 0 Å². The molecule has 0 aromatic rings. The molecular weight excluding hydrogens is 328 g/mol. The van der Waals surface area contributed by atoms with Gasteiger partial charge >= 0.3 is 0 Å². The normalized spacial score (nSPS) is 19.0. The fourth-order valence-electron chi connectivity index (χ4n) is 3.08. The molecule has 1 saturated heterocycles. The van der Waals surface area contributed by atoms with Crippen molar-refractivity contribution < 1.29 is 14.3 Å². The molecule has 0 radical (unpaired) electrons. The summed E-state index contributed by atoms with van der Waals surface area (Å²) in [4.78, 5) is 22.1. The van der Waals surface area contributed by atoms with Crippen molar-refractivity contribution >= 4 is 11.8 Å². The minimum absolute atomic E-state index is 0.0180. The Bertz CT molecular complexity index is 423. The summed E-state index contributed by atoms with van der Waals surface area (Å²) in [5.41, 5.74) is 5.02. The number of carbonyl (C=O) groups excluding carboxylic acids is 2. The van der Waals surface area contributed by atoms with Crippen molar-refractivity contribution in [2.24, 2.45) is 5.73 Å². The number of nitrogens with two attached hydrogens (primary N) is 1. The van der Waals surface area contributed by atoms with Crippen molar-refractivity contribution in [1.29, 1.82) is 0 Å². The van der Waals surface area contributed by atoms with Crippen LogP contribution >= 0.6 is 0 Å². The largest absolute Gasteiger partial charge is 0.370 e. The fraction of sp³-hybridized carbons (Fsp3) is 0.810. The summed E-state index contributed by atoms with van der Waals surface area (Å²) in [7, 11) is 0. The number of hydrogen-bond donors (Lipinski definition) is 2. The van der Waals surface area contributed by atoms with E-state index in [0.717, 1.165) is 25.7 Å². The number of primary amides is 1. The van der Waals surface area contributed by atoms with E-state index in [1.807, 2.05) is 0 Å². The molecule has 2 atom stereocenters. The van der Waals surface area contributed by atoms with Gasteiger partial charge in [-0.05, 0) is 32.1 Å². The Kier molecular flexibility index (Phi) is 12.9. The second kappa shape index (κ2) is 14.8. The summed E-state index contributed by atoms with van der Waals surface area (Å²) < 4.78 is 5.68. The number of unbranched alkanes of at least 4 members (excludes halogenated alkanes) is 7. The third-order valence-corrected chi connectivity index (χ3v) is 4.78. The van der Waals surface area contributed by atoms with Crippen molar-refractivity contribution in [3.63, 3.8) is 0 Å². The Morgan fingerprint density at radius 3 is 2.50 bits per heavy atom. The van der Waals surface area contributed by atoms with Gasteiger partial charge in [0.05, 0.1) is 12.2 Å². The first-order chi connectivity index (χ1) is 12.6. The van der Waals surface area contributed by atoms with Crippen LogP contribution in [-0.2, 0) is 14.3 Å². The number of rotatable bonds is 17. The minimum atomic E-state index is -0.379. The van der Waals surface area contributed by atoms with E-state index in [9.17, 15) is 9.59 Å². The topological polar surface area (TPSA) is 84.7 Å². The van der Waals surface area contributed by atoms with Gasteiger partial charge < -0.3 is 15.8 Å². The highest BCUT2D eigenvalue weighted by atomic mass is 16.6. The molecule has 0 aromatic carbocycles. The number of carbonyl (C=O) groups is 2. The smallest absolute Gasteiger partial charge is 0.220 e. The van der Waals surface area contributed by atoms with Gasteiger partial charge in [0.15, 0.2) is 0 Å². The summed E-state index contributed by atoms with van der Waals surface area (Å²) >= 11 is 0. The molecule has 1 fully saturated rings. The molecule has 26 heavy (non-hydrogen) atoms. The maximum absolute atomic E-state index is 11.5. The van der Waals surface area contributed by atoms with E-state index in [-0.39, 0.29) is 18.2 Å². The fourth-order valence-corrected chi connectivity index (χ4v) is 3.08. The highest BCUT2D eigenvalue weighted by molar-refractivity contribution is 5.77. The highest BCUT2D eigenvalue weighted by Crippen LogP contribution is 2.30. The van der Waals surface area contributed by atoms with Crippen LogP contribution in [-0.4, -0.2) is 30.6 Å². The first-order valence-electron chi connectivity index (χ1n) is 10.5. The first-order valence-corrected chi connectivity index (χ1v) is 10.5. The molecular formula is C21H38N2O3. The third-order valence-electron chi connectivity index (χ3n) is 4.78. The SMILES string of the molecule is CCCCCC1OC1CC=CCCCCCCCC(=O)NCCC(N)=O. The number of allylic oxidation sites excluding steroid dienone is 1. The maximum atomic E-state index is 11.5. The van der Waals surface area contributed by atoms with Gasteiger partial charge in [0.25, 0.3) is 0 Å². The summed E-state index contributed by atoms with van der Waals surface area (Å²) in [6.07, 6.45) is 19.3. The Morgan fingerprint density at radius 1 is 0.962 bits per heavy atom. The molecule has 1 heterocycles. The highest BCUT2D eigenvalue weighted by Gasteiger charge is 2.36. The Morgan fingerprint density at radius 2 is 1.73 bits per heavy atom. The van der Waals surface area contributed by atoms with Crippen LogP contribution in [0.15, 0.2) is 12.2 Å². The summed E-state index contributed by atoms with van der Waals surface area (Å²) in [5.74, 6) is -0.361. The van der Waals surface area contributed by atoms with Gasteiger partial charge in [-0.1, -0.05) is 57.6 Å². The van der Waals surface area contributed by atoms with E-state index in [1.165, 1.54) is 44.9 Å². The molecule has 0 aliphatic carbocycles. The zero-order chi connectivity index (χ0) is 19.0. The van der Waals surface area contributed by atoms with Crippen LogP contribution in [0, 0.1) is 0 Å². The molecule has 0 spiro atoms. The zero-order valence-corrected chi connectivity index (χ0v) is 16.5. The predicted octanol–water partition coefficient (Wildman–Crippen LogP) is 4.00. The standard InChI is InChI=1S/C21H38N2O3/c1-2-3-10-13-18-19(26-18)14-11-8-6-4-5-7-9-12-15-21(25)23-17-16-20(22)24/h8,11,18-19H,2-7,9-10,12-17H2,1H3,(H2,22,24)(H,23,25). The summed E-state index contributed by atoms with van der Waals surface area (Å²) in [5, 5.41) is 2.71. The molecule has 5 nitrogen and oxygen atoms in total. The van der Waals surface area contributed by atoms with Crippen molar-refractivity contribution in [3.05, 3.63) is 12.2 Å². The van der Waals surface area contributed by atoms with Gasteiger partial charge in [-0.2, -0.15) is 0 Å². The zero-order valence-electron chi connectivity index (χ0n) is 16.5. The van der Waals surface area contributed by atoms with Gasteiger partial charge in [-0.25, -0.2) is 0 Å². The van der Waals surface area contributed by atoms with Crippen molar-refractivity contribution in [2.75, 3.05) is 6.54 Å². The second-order valence-electron chi connectivity index (χ2n) is 7.29. The van der Waals surface area contributed by atoms with Crippen molar-refractivity contribution in [1.82, 2.24) is 5.32 Å². The molecule has 150 valence electrons. The van der Waals surface area contributed by atoms with E-state index < -0.39 is 0 Å². The summed E-state index contributed by atoms with van der Waals surface area (Å²) in [6.45, 7) is 2.59. The molecule has 0 saturated carbocycles. The number of amides is 2. The lowest BCUT2D eigenvalue weighted by Gasteiger charge is -2.03. The first kappa shape index (κ1) is 22.7. The number of nitrogens with one attached hydrogen (secondary N) is 1. The quantitative estimate of drug-likeness (QED) is 0.232. The Labute approximate surface area is 159 Å². The van der Waals surface area contributed by atoms with Gasteiger partial charge in [0.1, 0.15) is 0 Å². The van der Waals surface area contributed by atoms with E-state index in [1.54, 1.807) is 0 Å². The molecule has 0 aromatic heterocycles. The van der Waals surface area contributed by atoms with Crippen LogP contribution in [0.3, 0.4) is 0 Å². The second-order valence-corrected chi connectivity index (χ2v) is 7.29. The van der Waals surface area contributed by atoms with Crippen LogP contribution in [0.4, 0.5) is 0 Å². The minimum Gasteiger partial charge on any atom is -0.370 e. The molecule has 1 rings (SSSR count). The van der Waals surface area contributed by atoms with Crippen molar-refractivity contribution in [3.8, 4) is 0 Å². The Balaban J connectivity index is 1.81. The number of ether oxygens (including phenoxy) is 1. The summed E-state index contributed by atoms with van der Waals surface area (Å²) in [6, 6.07) is 0. The van der Waals surface area contributed by atoms with Crippen LogP contribution in [0.2, 0.25) is 0 Å². The molecule has 2 amide bonds. The van der Waals surface area contributed by atoms with Gasteiger partial charge in [0, 0.05) is 19.4 Å². The van der Waals surface area contributed by atoms with Crippen LogP contribution < -0.4 is 11.1 Å². The van der Waals surface area contributed by atoms with Crippen molar-refractivity contribution in [2.45, 2.75) is 103 Å². The molecule has 1 aliphatic rings. The molecule has 1 aliphatic heterocycles. The van der Waals surface area contributed by atoms with E-state index >= 15 is 0 Å². The lowest BCUT2D eigenvalue weighted by atomic mass is 10.1. The lowest BCUT2D eigenvalue weighted by molar-refractivity contribution is -0.121. The number of hydrogen-bond acceptors (Lipinski definition) is 3. The average molecular weight is 367 g/mol. The van der Waals surface area contributed by atoms with Crippen LogP contribution in [0.25, 0.3) is 0 Å². The van der Waals surface area contributed by atoms with E-state index in [4.69, 9.17) is 10.5 Å². The molecule has 2 unspecified atom stereocenters. The van der Waals surface area contributed by atoms with E-state index in [0.29, 0.717) is 25.2 Å². The maximum Gasteiger partial charge on any atom is 0.220 e. The molecule has 3 N–H and O–H groups in total. The van der Waals surface area contributed by atoms with E-state index in [2.05, 4.69) is 24.4 Å². The lowest BCUT2D eigenvalue weighted by Crippen LogP contribution is -2.27. The molecule has 5 heteroatoms. The third kappa shape index (κ3) is 12.9. The van der Waals surface area contributed by atoms with Gasteiger partial charge in [-0.3, -0.25) is 9.59 Å². The average Bonchev–Trinajstić information content (AvgIpc) is 3.34. The van der Waals surface area contributed by atoms with Crippen LogP contribution in [0.1, 0.15) is 90.4 Å². The molecule has 0 bridgehead atoms. The predicted molar refractivity (Wildman–Crippen MR) is 106 cm³/mol. The number of epoxide rings is 1. The monoisotopic (exact) mass is 366 g/mol.